The molecule has 0 unspecified atom stereocenters. The summed E-state index contributed by atoms with van der Waals surface area (Å²) in [5, 5.41) is 5.69. The number of pyridine rings is 1. The molecule has 0 saturated carbocycles. The third-order valence-corrected chi connectivity index (χ3v) is 4.39. The highest BCUT2D eigenvalue weighted by Gasteiger charge is 2.09. The highest BCUT2D eigenvalue weighted by molar-refractivity contribution is 7.13. The summed E-state index contributed by atoms with van der Waals surface area (Å²) in [4.78, 5) is 20.5. The lowest BCUT2D eigenvalue weighted by atomic mass is 10.2. The van der Waals surface area contributed by atoms with Crippen molar-refractivity contribution in [2.24, 2.45) is 0 Å². The molecule has 3 aromatic rings. The van der Waals surface area contributed by atoms with Crippen molar-refractivity contribution in [1.82, 2.24) is 15.3 Å². The number of amides is 1. The third-order valence-electron chi connectivity index (χ3n) is 3.45. The summed E-state index contributed by atoms with van der Waals surface area (Å²) < 4.78 is 5.23. The summed E-state index contributed by atoms with van der Waals surface area (Å²) in [7, 11) is 1.64. The second kappa shape index (κ2) is 7.70. The molecule has 122 valence electrons. The number of carbonyl (C=O) groups is 1. The van der Waals surface area contributed by atoms with Crippen LogP contribution >= 0.6 is 11.3 Å². The van der Waals surface area contributed by atoms with Crippen LogP contribution in [0.5, 0.6) is 5.75 Å². The Bertz CT molecular complexity index is 818. The van der Waals surface area contributed by atoms with E-state index in [1.807, 2.05) is 41.8 Å². The first-order valence-corrected chi connectivity index (χ1v) is 8.37. The summed E-state index contributed by atoms with van der Waals surface area (Å²) in [6, 6.07) is 11.5. The van der Waals surface area contributed by atoms with Crippen molar-refractivity contribution >= 4 is 17.2 Å². The molecule has 2 heterocycles. The Hall–Kier alpha value is -2.73. The summed E-state index contributed by atoms with van der Waals surface area (Å²) in [6.07, 6.45) is 3.69. The zero-order chi connectivity index (χ0) is 16.8. The molecule has 0 fully saturated rings. The fourth-order valence-corrected chi connectivity index (χ4v) is 3.02. The number of hydrogen-bond donors (Lipinski definition) is 1. The Morgan fingerprint density at radius 1 is 1.25 bits per heavy atom. The molecule has 5 nitrogen and oxygen atoms in total. The number of rotatable bonds is 6. The van der Waals surface area contributed by atoms with Gasteiger partial charge in [0.2, 0.25) is 5.91 Å². The highest BCUT2D eigenvalue weighted by Crippen LogP contribution is 2.26. The maximum absolute atomic E-state index is 12.0. The van der Waals surface area contributed by atoms with Crippen LogP contribution in [0.1, 0.15) is 11.3 Å². The second-order valence-corrected chi connectivity index (χ2v) is 6.04. The van der Waals surface area contributed by atoms with E-state index in [0.29, 0.717) is 6.54 Å². The molecule has 0 aliphatic heterocycles. The number of carbonyl (C=O) groups excluding carboxylic acids is 1. The van der Waals surface area contributed by atoms with E-state index in [0.717, 1.165) is 27.6 Å². The summed E-state index contributed by atoms with van der Waals surface area (Å²) >= 11 is 1.52. The molecule has 0 aliphatic rings. The van der Waals surface area contributed by atoms with Crippen molar-refractivity contribution < 1.29 is 9.53 Å². The van der Waals surface area contributed by atoms with Gasteiger partial charge >= 0.3 is 0 Å². The number of benzene rings is 1. The lowest BCUT2D eigenvalue weighted by Crippen LogP contribution is -2.24. The van der Waals surface area contributed by atoms with Gasteiger partial charge in [0.15, 0.2) is 0 Å². The van der Waals surface area contributed by atoms with Gasteiger partial charge in [0.25, 0.3) is 0 Å². The molecule has 1 amide bonds. The average molecular weight is 339 g/mol. The van der Waals surface area contributed by atoms with Crippen LogP contribution in [-0.4, -0.2) is 23.0 Å². The maximum Gasteiger partial charge on any atom is 0.226 e. The minimum Gasteiger partial charge on any atom is -0.497 e. The van der Waals surface area contributed by atoms with Crippen LogP contribution in [0.3, 0.4) is 0 Å². The van der Waals surface area contributed by atoms with Crippen molar-refractivity contribution in [3.05, 3.63) is 65.4 Å². The topological polar surface area (TPSA) is 64.1 Å². The Balaban J connectivity index is 1.60. The molecule has 0 saturated heterocycles. The van der Waals surface area contributed by atoms with Gasteiger partial charge in [-0.05, 0) is 29.8 Å². The van der Waals surface area contributed by atoms with Crippen LogP contribution in [-0.2, 0) is 17.8 Å². The van der Waals surface area contributed by atoms with Crippen LogP contribution in [0.2, 0.25) is 0 Å². The molecule has 6 heteroatoms. The smallest absolute Gasteiger partial charge is 0.226 e. The summed E-state index contributed by atoms with van der Waals surface area (Å²) in [5.74, 6) is 0.744. The van der Waals surface area contributed by atoms with Gasteiger partial charge in [0, 0.05) is 29.9 Å². The average Bonchev–Trinajstić information content (AvgIpc) is 3.09. The van der Waals surface area contributed by atoms with Crippen LogP contribution in [0.15, 0.2) is 54.2 Å². The number of ether oxygens (including phenoxy) is 1. The molecule has 0 spiro atoms. The quantitative estimate of drug-likeness (QED) is 0.750. The van der Waals surface area contributed by atoms with Crippen molar-refractivity contribution in [2.75, 3.05) is 7.11 Å². The predicted molar refractivity (Wildman–Crippen MR) is 93.9 cm³/mol. The second-order valence-electron chi connectivity index (χ2n) is 5.18. The van der Waals surface area contributed by atoms with E-state index in [9.17, 15) is 4.79 Å². The first-order chi connectivity index (χ1) is 11.7. The molecular weight excluding hydrogens is 322 g/mol. The monoisotopic (exact) mass is 339 g/mol. The van der Waals surface area contributed by atoms with Crippen molar-refractivity contribution in [3.8, 4) is 16.3 Å². The first kappa shape index (κ1) is 16.1. The van der Waals surface area contributed by atoms with Crippen LogP contribution in [0.25, 0.3) is 10.6 Å². The van der Waals surface area contributed by atoms with Gasteiger partial charge in [0.05, 0.1) is 19.2 Å². The van der Waals surface area contributed by atoms with E-state index in [-0.39, 0.29) is 12.3 Å². The number of thiazole rings is 1. The van der Waals surface area contributed by atoms with Gasteiger partial charge in [-0.1, -0.05) is 12.1 Å². The van der Waals surface area contributed by atoms with Crippen molar-refractivity contribution in [3.63, 3.8) is 0 Å². The van der Waals surface area contributed by atoms with Gasteiger partial charge < -0.3 is 10.1 Å². The highest BCUT2D eigenvalue weighted by atomic mass is 32.1. The molecular formula is C18H17N3O2S. The summed E-state index contributed by atoms with van der Waals surface area (Å²) in [5.41, 5.74) is 2.78. The zero-order valence-electron chi connectivity index (χ0n) is 13.2. The number of aromatic nitrogens is 2. The zero-order valence-corrected chi connectivity index (χ0v) is 14.0. The Morgan fingerprint density at radius 3 is 2.88 bits per heavy atom. The number of nitrogens with one attached hydrogen (secondary N) is 1. The maximum atomic E-state index is 12.0. The van der Waals surface area contributed by atoms with E-state index in [1.54, 1.807) is 19.5 Å². The normalized spacial score (nSPS) is 10.4. The minimum absolute atomic E-state index is 0.0469. The largest absolute Gasteiger partial charge is 0.497 e. The van der Waals surface area contributed by atoms with Gasteiger partial charge in [-0.2, -0.15) is 0 Å². The molecule has 0 bridgehead atoms. The molecule has 2 aromatic heterocycles. The Kier molecular flexibility index (Phi) is 5.18. The van der Waals surface area contributed by atoms with E-state index in [1.165, 1.54) is 11.3 Å². The SMILES string of the molecule is COc1cccc(-c2nc(CC(=O)NCc3ccncc3)cs2)c1. The molecule has 0 atom stereocenters. The molecule has 1 aromatic carbocycles. The fourth-order valence-electron chi connectivity index (χ4n) is 2.21. The van der Waals surface area contributed by atoms with Gasteiger partial charge in [0.1, 0.15) is 10.8 Å². The van der Waals surface area contributed by atoms with Crippen LogP contribution in [0.4, 0.5) is 0 Å². The molecule has 3 rings (SSSR count). The van der Waals surface area contributed by atoms with Crippen LogP contribution < -0.4 is 10.1 Å². The first-order valence-electron chi connectivity index (χ1n) is 7.49. The Morgan fingerprint density at radius 2 is 2.08 bits per heavy atom. The lowest BCUT2D eigenvalue weighted by Gasteiger charge is -2.04. The fraction of sp³-hybridized carbons (Fsp3) is 0.167. The van der Waals surface area contributed by atoms with Crippen molar-refractivity contribution in [2.45, 2.75) is 13.0 Å². The standard InChI is InChI=1S/C18H17N3O2S/c1-23-16-4-2-3-14(9-16)18-21-15(12-24-18)10-17(22)20-11-13-5-7-19-8-6-13/h2-9,12H,10-11H2,1H3,(H,20,22). The van der Waals surface area contributed by atoms with Gasteiger partial charge in [-0.15, -0.1) is 11.3 Å². The summed E-state index contributed by atoms with van der Waals surface area (Å²) in [6.45, 7) is 0.494. The minimum atomic E-state index is -0.0469. The number of nitrogens with zero attached hydrogens (tertiary/aromatic N) is 2. The predicted octanol–water partition coefficient (Wildman–Crippen LogP) is 3.07. The Labute approximate surface area is 144 Å². The van der Waals surface area contributed by atoms with E-state index in [4.69, 9.17) is 4.74 Å². The van der Waals surface area contributed by atoms with E-state index in [2.05, 4.69) is 15.3 Å². The van der Waals surface area contributed by atoms with E-state index < -0.39 is 0 Å². The molecule has 0 radical (unpaired) electrons. The lowest BCUT2D eigenvalue weighted by molar-refractivity contribution is -0.120. The molecule has 24 heavy (non-hydrogen) atoms. The van der Waals surface area contributed by atoms with E-state index >= 15 is 0 Å². The molecule has 0 aliphatic carbocycles. The van der Waals surface area contributed by atoms with Gasteiger partial charge in [-0.3, -0.25) is 9.78 Å². The van der Waals surface area contributed by atoms with Crippen molar-refractivity contribution in [1.29, 1.82) is 0 Å². The third kappa shape index (κ3) is 4.17. The number of methoxy groups -OCH3 is 1. The number of hydrogen-bond acceptors (Lipinski definition) is 5. The molecule has 1 N–H and O–H groups in total. The van der Waals surface area contributed by atoms with Gasteiger partial charge in [-0.25, -0.2) is 4.98 Å². The van der Waals surface area contributed by atoms with Crippen LogP contribution in [0, 0.1) is 0 Å².